The van der Waals surface area contributed by atoms with E-state index in [9.17, 15) is 36.5 Å². The Morgan fingerprint density at radius 1 is 1.06 bits per heavy atom. The predicted octanol–water partition coefficient (Wildman–Crippen LogP) is 3.12. The maximum Gasteiger partial charge on any atom is 0.573 e. The standard InChI is InChI=1S/C20H17F3N4O6S/c21-20(22,23)33-14-2-4-15(5-3-14)34(31,32)26-9-7-25(8-10-26)19(28)17-12-24-18-6-1-13(27(29)30)11-16(17)18/h1-6,11-12,24H,7-10H2. The number of ether oxygens (including phenoxy) is 1. The Balaban J connectivity index is 1.46. The van der Waals surface area contributed by atoms with Crippen LogP contribution in [0.25, 0.3) is 10.9 Å². The van der Waals surface area contributed by atoms with E-state index in [-0.39, 0.29) is 42.3 Å². The molecule has 14 heteroatoms. The van der Waals surface area contributed by atoms with Crippen LogP contribution in [0.3, 0.4) is 0 Å². The Morgan fingerprint density at radius 3 is 2.29 bits per heavy atom. The quantitative estimate of drug-likeness (QED) is 0.426. The predicted molar refractivity (Wildman–Crippen MR) is 113 cm³/mol. The van der Waals surface area contributed by atoms with Gasteiger partial charge in [0.25, 0.3) is 11.6 Å². The van der Waals surface area contributed by atoms with Crippen molar-refractivity contribution in [1.29, 1.82) is 0 Å². The number of hydrogen-bond acceptors (Lipinski definition) is 6. The molecule has 0 saturated carbocycles. The molecule has 1 saturated heterocycles. The fourth-order valence-electron chi connectivity index (χ4n) is 3.66. The third kappa shape index (κ3) is 4.68. The van der Waals surface area contributed by atoms with Gasteiger partial charge in [-0.05, 0) is 30.3 Å². The highest BCUT2D eigenvalue weighted by molar-refractivity contribution is 7.89. The van der Waals surface area contributed by atoms with Crippen LogP contribution in [0.15, 0.2) is 53.6 Å². The molecule has 2 aromatic carbocycles. The number of H-pyrrole nitrogens is 1. The minimum atomic E-state index is -4.89. The Labute approximate surface area is 190 Å². The molecule has 4 rings (SSSR count). The molecule has 1 amide bonds. The molecular weight excluding hydrogens is 481 g/mol. The van der Waals surface area contributed by atoms with E-state index in [0.29, 0.717) is 10.9 Å². The lowest BCUT2D eigenvalue weighted by Crippen LogP contribution is -2.50. The first-order valence-electron chi connectivity index (χ1n) is 9.86. The number of aromatic amines is 1. The summed E-state index contributed by atoms with van der Waals surface area (Å²) in [7, 11) is -4.00. The third-order valence-electron chi connectivity index (χ3n) is 5.33. The molecule has 3 aromatic rings. The van der Waals surface area contributed by atoms with Gasteiger partial charge in [-0.2, -0.15) is 4.31 Å². The molecule has 0 bridgehead atoms. The van der Waals surface area contributed by atoms with Crippen LogP contribution in [0, 0.1) is 10.1 Å². The lowest BCUT2D eigenvalue weighted by Gasteiger charge is -2.34. The van der Waals surface area contributed by atoms with Gasteiger partial charge < -0.3 is 14.6 Å². The van der Waals surface area contributed by atoms with Crippen molar-refractivity contribution in [2.24, 2.45) is 0 Å². The van der Waals surface area contributed by atoms with Gasteiger partial charge in [0.2, 0.25) is 10.0 Å². The first-order valence-corrected chi connectivity index (χ1v) is 11.3. The number of alkyl halides is 3. The van der Waals surface area contributed by atoms with Gasteiger partial charge >= 0.3 is 6.36 Å². The maximum absolute atomic E-state index is 13.0. The summed E-state index contributed by atoms with van der Waals surface area (Å²) >= 11 is 0. The maximum atomic E-state index is 13.0. The summed E-state index contributed by atoms with van der Waals surface area (Å²) in [5.41, 5.74) is 0.618. The van der Waals surface area contributed by atoms with E-state index in [4.69, 9.17) is 0 Å². The van der Waals surface area contributed by atoms with Crippen LogP contribution in [0.1, 0.15) is 10.4 Å². The average molecular weight is 498 g/mol. The molecular formula is C20H17F3N4O6S. The second kappa shape index (κ2) is 8.61. The molecule has 0 spiro atoms. The Morgan fingerprint density at radius 2 is 1.71 bits per heavy atom. The molecule has 0 atom stereocenters. The van der Waals surface area contributed by atoms with Crippen molar-refractivity contribution < 1.29 is 36.0 Å². The molecule has 1 aliphatic heterocycles. The van der Waals surface area contributed by atoms with Crippen LogP contribution >= 0.6 is 0 Å². The van der Waals surface area contributed by atoms with E-state index >= 15 is 0 Å². The SMILES string of the molecule is O=C(c1c[nH]c2ccc([N+](=O)[O-])cc12)N1CCN(S(=O)(=O)c2ccc(OC(F)(F)F)cc2)CC1. The number of nitro benzene ring substituents is 1. The highest BCUT2D eigenvalue weighted by atomic mass is 32.2. The number of carbonyl (C=O) groups is 1. The van der Waals surface area contributed by atoms with Gasteiger partial charge in [0.1, 0.15) is 5.75 Å². The second-order valence-corrected chi connectivity index (χ2v) is 9.34. The van der Waals surface area contributed by atoms with Gasteiger partial charge in [-0.15, -0.1) is 13.2 Å². The van der Waals surface area contributed by atoms with Crippen LogP contribution in [-0.2, 0) is 10.0 Å². The van der Waals surface area contributed by atoms with Crippen LogP contribution in [-0.4, -0.2) is 66.0 Å². The zero-order valence-electron chi connectivity index (χ0n) is 17.3. The third-order valence-corrected chi connectivity index (χ3v) is 7.24. The van der Waals surface area contributed by atoms with E-state index in [1.165, 1.54) is 29.3 Å². The number of rotatable bonds is 5. The summed E-state index contributed by atoms with van der Waals surface area (Å²) in [6.45, 7) is 0.0681. The number of piperazine rings is 1. The van der Waals surface area contributed by atoms with Gasteiger partial charge in [-0.1, -0.05) is 0 Å². The first-order chi connectivity index (χ1) is 16.0. The molecule has 1 aliphatic rings. The molecule has 2 heterocycles. The van der Waals surface area contributed by atoms with Gasteiger partial charge in [0, 0.05) is 55.4 Å². The number of halogens is 3. The lowest BCUT2D eigenvalue weighted by atomic mass is 10.1. The first kappa shape index (κ1) is 23.5. The average Bonchev–Trinajstić information content (AvgIpc) is 3.21. The number of benzene rings is 2. The summed E-state index contributed by atoms with van der Waals surface area (Å²) in [6.07, 6.45) is -3.44. The lowest BCUT2D eigenvalue weighted by molar-refractivity contribution is -0.384. The Bertz CT molecular complexity index is 1350. The van der Waals surface area contributed by atoms with Crippen LogP contribution in [0.4, 0.5) is 18.9 Å². The van der Waals surface area contributed by atoms with Crippen LogP contribution in [0.2, 0.25) is 0 Å². The molecule has 180 valence electrons. The summed E-state index contributed by atoms with van der Waals surface area (Å²) in [5.74, 6) is -0.946. The molecule has 0 radical (unpaired) electrons. The zero-order chi connectivity index (χ0) is 24.7. The highest BCUT2D eigenvalue weighted by Crippen LogP contribution is 2.27. The fraction of sp³-hybridized carbons (Fsp3) is 0.250. The number of amides is 1. The second-order valence-electron chi connectivity index (χ2n) is 7.40. The number of hydrogen-bond donors (Lipinski definition) is 1. The number of aromatic nitrogens is 1. The van der Waals surface area contributed by atoms with E-state index in [2.05, 4.69) is 9.72 Å². The number of non-ortho nitro benzene ring substituents is 1. The summed E-state index contributed by atoms with van der Waals surface area (Å²) in [6, 6.07) is 7.98. The number of nitrogens with one attached hydrogen (secondary N) is 1. The van der Waals surface area contributed by atoms with Crippen molar-refractivity contribution >= 4 is 32.5 Å². The van der Waals surface area contributed by atoms with Crippen molar-refractivity contribution in [3.8, 4) is 5.75 Å². The smallest absolute Gasteiger partial charge is 0.406 e. The van der Waals surface area contributed by atoms with E-state index < -0.39 is 33.0 Å². The van der Waals surface area contributed by atoms with E-state index in [1.807, 2.05) is 0 Å². The number of fused-ring (bicyclic) bond motifs is 1. The van der Waals surface area contributed by atoms with Crippen LogP contribution in [0.5, 0.6) is 5.75 Å². The summed E-state index contributed by atoms with van der Waals surface area (Å²) in [4.78, 5) is 27.6. The Hall–Kier alpha value is -3.65. The molecule has 34 heavy (non-hydrogen) atoms. The van der Waals surface area contributed by atoms with Crippen molar-refractivity contribution in [3.05, 3.63) is 64.3 Å². The number of carbonyl (C=O) groups excluding carboxylic acids is 1. The van der Waals surface area contributed by atoms with Gasteiger partial charge in [0.15, 0.2) is 0 Å². The van der Waals surface area contributed by atoms with E-state index in [0.717, 1.165) is 28.6 Å². The molecule has 1 aromatic heterocycles. The number of nitrogens with zero attached hydrogens (tertiary/aromatic N) is 3. The molecule has 1 N–H and O–H groups in total. The molecule has 10 nitrogen and oxygen atoms in total. The van der Waals surface area contributed by atoms with Crippen molar-refractivity contribution in [2.45, 2.75) is 11.3 Å². The van der Waals surface area contributed by atoms with Crippen LogP contribution < -0.4 is 4.74 Å². The monoisotopic (exact) mass is 498 g/mol. The zero-order valence-corrected chi connectivity index (χ0v) is 18.1. The minimum absolute atomic E-state index is 0.0304. The largest absolute Gasteiger partial charge is 0.573 e. The number of nitro groups is 1. The highest BCUT2D eigenvalue weighted by Gasteiger charge is 2.33. The van der Waals surface area contributed by atoms with E-state index in [1.54, 1.807) is 0 Å². The van der Waals surface area contributed by atoms with Crippen molar-refractivity contribution in [1.82, 2.24) is 14.2 Å². The van der Waals surface area contributed by atoms with Gasteiger partial charge in [-0.3, -0.25) is 14.9 Å². The topological polar surface area (TPSA) is 126 Å². The van der Waals surface area contributed by atoms with Crippen molar-refractivity contribution in [3.63, 3.8) is 0 Å². The summed E-state index contributed by atoms with van der Waals surface area (Å²) in [5, 5.41) is 11.4. The summed E-state index contributed by atoms with van der Waals surface area (Å²) < 4.78 is 67.5. The molecule has 0 aliphatic carbocycles. The van der Waals surface area contributed by atoms with Gasteiger partial charge in [0.05, 0.1) is 15.4 Å². The molecule has 0 unspecified atom stereocenters. The number of sulfonamides is 1. The minimum Gasteiger partial charge on any atom is -0.406 e. The normalized spacial score (nSPS) is 15.4. The van der Waals surface area contributed by atoms with Crippen molar-refractivity contribution in [2.75, 3.05) is 26.2 Å². The Kier molecular flexibility index (Phi) is 5.95. The van der Waals surface area contributed by atoms with Gasteiger partial charge in [-0.25, -0.2) is 8.42 Å². The fourth-order valence-corrected chi connectivity index (χ4v) is 5.09. The molecule has 1 fully saturated rings.